The van der Waals surface area contributed by atoms with E-state index in [-0.39, 0.29) is 0 Å². The molecule has 4 nitrogen and oxygen atoms in total. The van der Waals surface area contributed by atoms with Crippen molar-refractivity contribution in [1.29, 1.82) is 0 Å². The fourth-order valence-corrected chi connectivity index (χ4v) is 11.3. The maximum atomic E-state index is 6.73. The van der Waals surface area contributed by atoms with Crippen LogP contribution in [-0.2, 0) is 0 Å². The molecule has 0 spiro atoms. The van der Waals surface area contributed by atoms with E-state index in [9.17, 15) is 0 Å². The molecule has 0 heterocycles. The Morgan fingerprint density at radius 1 is 0.282 bits per heavy atom. The summed E-state index contributed by atoms with van der Waals surface area (Å²) >= 11 is 7.32. The van der Waals surface area contributed by atoms with Crippen LogP contribution in [0.4, 0.5) is 0 Å². The van der Waals surface area contributed by atoms with Crippen LogP contribution in [-0.4, -0.2) is 26.4 Å². The summed E-state index contributed by atoms with van der Waals surface area (Å²) in [6.45, 7) is 11.6. The van der Waals surface area contributed by atoms with Crippen molar-refractivity contribution < 1.29 is 18.9 Å². The zero-order chi connectivity index (χ0) is 55.8. The van der Waals surface area contributed by atoms with Crippen molar-refractivity contribution >= 4 is 31.9 Å². The predicted molar refractivity (Wildman–Crippen MR) is 344 cm³/mol. The van der Waals surface area contributed by atoms with Gasteiger partial charge in [0.1, 0.15) is 23.0 Å². The molecule has 0 atom stereocenters. The molecule has 0 fully saturated rings. The van der Waals surface area contributed by atoms with Crippen molar-refractivity contribution in [2.45, 2.75) is 285 Å². The van der Waals surface area contributed by atoms with E-state index in [0.717, 1.165) is 94.1 Å². The van der Waals surface area contributed by atoms with E-state index < -0.39 is 0 Å². The Morgan fingerprint density at radius 3 is 0.756 bits per heavy atom. The molecule has 0 saturated heterocycles. The summed E-state index contributed by atoms with van der Waals surface area (Å²) in [5.74, 6) is 19.8. The Hall–Kier alpha value is -3.50. The van der Waals surface area contributed by atoms with Gasteiger partial charge >= 0.3 is 0 Å². The zero-order valence-corrected chi connectivity index (χ0v) is 53.3. The number of hydrogen-bond donors (Lipinski definition) is 0. The average Bonchev–Trinajstić information content (AvgIpc) is 3.43. The van der Waals surface area contributed by atoms with Gasteiger partial charge in [0.05, 0.1) is 48.7 Å². The van der Waals surface area contributed by atoms with Crippen LogP contribution < -0.4 is 18.9 Å². The molecule has 434 valence electrons. The van der Waals surface area contributed by atoms with Crippen LogP contribution in [0.5, 0.6) is 23.0 Å². The van der Waals surface area contributed by atoms with E-state index in [4.69, 9.17) is 25.4 Å². The molecule has 0 radical (unpaired) electrons. The second-order valence-electron chi connectivity index (χ2n) is 22.1. The highest BCUT2D eigenvalue weighted by Crippen LogP contribution is 2.32. The highest BCUT2D eigenvalue weighted by atomic mass is 79.9. The Bertz CT molecular complexity index is 2130. The molecule has 3 aromatic carbocycles. The third-order valence-electron chi connectivity index (χ3n) is 14.9. The van der Waals surface area contributed by atoms with E-state index in [0.29, 0.717) is 43.5 Å². The normalized spacial score (nSPS) is 10.9. The van der Waals surface area contributed by atoms with E-state index in [1.807, 2.05) is 30.3 Å². The van der Waals surface area contributed by atoms with E-state index >= 15 is 0 Å². The molecule has 0 N–H and O–H groups in total. The lowest BCUT2D eigenvalue weighted by Gasteiger charge is -2.15. The standard InChI is InChI=1S/C72H108Br2O4/c1-6-11-15-19-23-27-31-35-39-43-51-75-69-58-65(70(57-63(69)10-5)76-52-44-40-36-32-28-24-20-16-12-7-2)49-50-66-60-71(77-53-45-41-37-33-29-25-21-17-13-8-3)64(48-47-62-55-67(73)61-68(74)56-62)59-72(66)78-54-46-42-38-34-30-26-22-18-14-9-4/h5,55-61H,6-9,11-46,51-54H2,1-4H3. The minimum Gasteiger partial charge on any atom is -0.492 e. The third kappa shape index (κ3) is 33.9. The van der Waals surface area contributed by atoms with Crippen molar-refractivity contribution in [3.63, 3.8) is 0 Å². The number of benzene rings is 3. The van der Waals surface area contributed by atoms with Gasteiger partial charge in [0, 0.05) is 38.8 Å². The SMILES string of the molecule is C#Cc1cc(OCCCCCCCCCCCC)c(C#Cc2cc(OCCCCCCCCCCCC)c(C#Cc3cc(Br)cc(Br)c3)cc2OCCCCCCCCCCCC)cc1OCCCCCCCCCCCC. The van der Waals surface area contributed by atoms with Gasteiger partial charge in [-0.2, -0.15) is 0 Å². The maximum absolute atomic E-state index is 6.73. The van der Waals surface area contributed by atoms with Crippen molar-refractivity contribution in [3.8, 4) is 59.0 Å². The van der Waals surface area contributed by atoms with Gasteiger partial charge in [-0.05, 0) is 43.9 Å². The van der Waals surface area contributed by atoms with Gasteiger partial charge in [0.2, 0.25) is 0 Å². The summed E-state index contributed by atoms with van der Waals surface area (Å²) in [5, 5.41) is 0. The Labute approximate surface area is 496 Å². The van der Waals surface area contributed by atoms with Crippen LogP contribution in [0.1, 0.15) is 312 Å². The summed E-state index contributed by atoms with van der Waals surface area (Å²) in [5.41, 5.74) is 3.93. The molecular formula is C72H108Br2O4. The quantitative estimate of drug-likeness (QED) is 0.0417. The zero-order valence-electron chi connectivity index (χ0n) is 50.1. The molecule has 0 aliphatic carbocycles. The fraction of sp³-hybridized carbons (Fsp3) is 0.667. The molecule has 0 saturated carbocycles. The number of rotatable bonds is 48. The van der Waals surface area contributed by atoms with Crippen molar-refractivity contribution in [3.05, 3.63) is 79.2 Å². The highest BCUT2D eigenvalue weighted by Gasteiger charge is 2.14. The van der Waals surface area contributed by atoms with Gasteiger partial charge in [0.15, 0.2) is 0 Å². The topological polar surface area (TPSA) is 36.9 Å². The lowest BCUT2D eigenvalue weighted by atomic mass is 10.1. The van der Waals surface area contributed by atoms with Gasteiger partial charge in [-0.1, -0.05) is 320 Å². The van der Waals surface area contributed by atoms with Crippen molar-refractivity contribution in [2.75, 3.05) is 26.4 Å². The number of halogens is 2. The Balaban J connectivity index is 1.94. The van der Waals surface area contributed by atoms with Gasteiger partial charge in [-0.15, -0.1) is 6.42 Å². The number of hydrogen-bond acceptors (Lipinski definition) is 4. The third-order valence-corrected chi connectivity index (χ3v) is 15.8. The molecule has 0 aliphatic rings. The van der Waals surface area contributed by atoms with E-state index in [2.05, 4.69) is 101 Å². The van der Waals surface area contributed by atoms with Crippen LogP contribution in [0.25, 0.3) is 0 Å². The average molecular weight is 1200 g/mol. The van der Waals surface area contributed by atoms with Crippen LogP contribution in [0.2, 0.25) is 0 Å². The summed E-state index contributed by atoms with van der Waals surface area (Å²) in [4.78, 5) is 0. The van der Waals surface area contributed by atoms with E-state index in [1.165, 1.54) is 205 Å². The molecule has 0 aromatic heterocycles. The minimum atomic E-state index is 0.608. The number of ether oxygens (including phenoxy) is 4. The number of unbranched alkanes of at least 4 members (excludes halogenated alkanes) is 36. The lowest BCUT2D eigenvalue weighted by molar-refractivity contribution is 0.294. The van der Waals surface area contributed by atoms with Crippen LogP contribution in [0.15, 0.2) is 51.4 Å². The maximum Gasteiger partial charge on any atom is 0.136 e. The van der Waals surface area contributed by atoms with Gasteiger partial charge in [0.25, 0.3) is 0 Å². The molecular weight excluding hydrogens is 1090 g/mol. The van der Waals surface area contributed by atoms with Crippen molar-refractivity contribution in [2.24, 2.45) is 0 Å². The second kappa shape index (κ2) is 48.2. The van der Waals surface area contributed by atoms with Crippen LogP contribution in [0, 0.1) is 36.0 Å². The monoisotopic (exact) mass is 1190 g/mol. The van der Waals surface area contributed by atoms with Gasteiger partial charge in [-0.25, -0.2) is 0 Å². The first-order valence-corrected chi connectivity index (χ1v) is 33.8. The molecule has 6 heteroatoms. The van der Waals surface area contributed by atoms with Crippen LogP contribution >= 0.6 is 31.9 Å². The summed E-state index contributed by atoms with van der Waals surface area (Å²) in [7, 11) is 0. The molecule has 3 aromatic rings. The van der Waals surface area contributed by atoms with Gasteiger partial charge in [-0.3, -0.25) is 0 Å². The first-order valence-electron chi connectivity index (χ1n) is 32.3. The Kier molecular flexibility index (Phi) is 42.5. The summed E-state index contributed by atoms with van der Waals surface area (Å²) < 4.78 is 28.5. The number of terminal acetylenes is 1. The Morgan fingerprint density at radius 2 is 0.500 bits per heavy atom. The summed E-state index contributed by atoms with van der Waals surface area (Å²) in [6, 6.07) is 14.2. The predicted octanol–water partition coefficient (Wildman–Crippen LogP) is 23.2. The molecule has 0 amide bonds. The largest absolute Gasteiger partial charge is 0.492 e. The first kappa shape index (κ1) is 68.8. The molecule has 3 rings (SSSR count). The molecule has 78 heavy (non-hydrogen) atoms. The fourth-order valence-electron chi connectivity index (χ4n) is 9.99. The smallest absolute Gasteiger partial charge is 0.136 e. The molecule has 0 aliphatic heterocycles. The second-order valence-corrected chi connectivity index (χ2v) is 23.9. The summed E-state index contributed by atoms with van der Waals surface area (Å²) in [6.07, 6.45) is 57.0. The minimum absolute atomic E-state index is 0.608. The van der Waals surface area contributed by atoms with Crippen molar-refractivity contribution in [1.82, 2.24) is 0 Å². The van der Waals surface area contributed by atoms with Gasteiger partial charge < -0.3 is 18.9 Å². The van der Waals surface area contributed by atoms with Crippen LogP contribution in [0.3, 0.4) is 0 Å². The first-order chi connectivity index (χ1) is 38.4. The highest BCUT2D eigenvalue weighted by molar-refractivity contribution is 9.11. The van der Waals surface area contributed by atoms with E-state index in [1.54, 1.807) is 0 Å². The molecule has 0 unspecified atom stereocenters. The molecule has 0 bridgehead atoms. The lowest BCUT2D eigenvalue weighted by Crippen LogP contribution is -2.04.